The number of amides is 1. The minimum atomic E-state index is -0.0200. The number of halogens is 1. The number of nitrogens with one attached hydrogen (secondary N) is 1. The Morgan fingerprint density at radius 2 is 2.19 bits per heavy atom. The van der Waals surface area contributed by atoms with Crippen LogP contribution in [0.25, 0.3) is 0 Å². The summed E-state index contributed by atoms with van der Waals surface area (Å²) < 4.78 is 0. The first-order chi connectivity index (χ1) is 7.63. The lowest BCUT2D eigenvalue weighted by atomic mass is 10.1. The maximum absolute atomic E-state index is 11.6. The summed E-state index contributed by atoms with van der Waals surface area (Å²) in [5.74, 6) is 0.352. The van der Waals surface area contributed by atoms with Gasteiger partial charge in [-0.2, -0.15) is 0 Å². The van der Waals surface area contributed by atoms with E-state index in [1.165, 1.54) is 0 Å². The van der Waals surface area contributed by atoms with E-state index in [1.807, 2.05) is 19.1 Å². The molecule has 0 saturated heterocycles. The maximum atomic E-state index is 11.6. The fourth-order valence-corrected chi connectivity index (χ4v) is 1.45. The van der Waals surface area contributed by atoms with Crippen LogP contribution in [-0.4, -0.2) is 12.5 Å². The molecule has 1 amide bonds. The summed E-state index contributed by atoms with van der Waals surface area (Å²) in [6.07, 6.45) is 1.27. The molecule has 1 rings (SSSR count). The van der Waals surface area contributed by atoms with Crippen LogP contribution in [0.3, 0.4) is 0 Å². The fraction of sp³-hybridized carbons (Fsp3) is 0.417. The molecule has 3 nitrogen and oxygen atoms in total. The molecule has 3 N–H and O–H groups in total. The van der Waals surface area contributed by atoms with Gasteiger partial charge in [-0.15, -0.1) is 0 Å². The fourth-order valence-electron chi connectivity index (χ4n) is 1.27. The van der Waals surface area contributed by atoms with E-state index in [9.17, 15) is 4.79 Å². The number of benzene rings is 1. The Morgan fingerprint density at radius 1 is 1.50 bits per heavy atom. The molecule has 1 aromatic rings. The highest BCUT2D eigenvalue weighted by Gasteiger charge is 2.07. The zero-order valence-electron chi connectivity index (χ0n) is 9.37. The molecule has 0 heterocycles. The van der Waals surface area contributed by atoms with Gasteiger partial charge >= 0.3 is 0 Å². The molecule has 88 valence electrons. The van der Waals surface area contributed by atoms with E-state index in [1.54, 1.807) is 12.1 Å². The standard InChI is InChI=1S/C12H17ClN2O/c1-9(8-14)6-7-12(16)15-11-5-3-2-4-10(11)13/h2-5,9H,6-8,14H2,1H3,(H,15,16). The zero-order valence-corrected chi connectivity index (χ0v) is 10.1. The van der Waals surface area contributed by atoms with E-state index in [4.69, 9.17) is 17.3 Å². The summed E-state index contributed by atoms with van der Waals surface area (Å²) in [6.45, 7) is 2.64. The van der Waals surface area contributed by atoms with Gasteiger partial charge in [0.15, 0.2) is 0 Å². The number of rotatable bonds is 5. The van der Waals surface area contributed by atoms with Crippen molar-refractivity contribution in [2.45, 2.75) is 19.8 Å². The summed E-state index contributed by atoms with van der Waals surface area (Å²) in [5, 5.41) is 3.34. The van der Waals surface area contributed by atoms with Gasteiger partial charge in [0, 0.05) is 6.42 Å². The average Bonchev–Trinajstić information content (AvgIpc) is 2.29. The molecule has 0 aromatic heterocycles. The molecule has 0 saturated carbocycles. The Morgan fingerprint density at radius 3 is 2.81 bits per heavy atom. The van der Waals surface area contributed by atoms with E-state index in [0.717, 1.165) is 6.42 Å². The predicted molar refractivity (Wildman–Crippen MR) is 67.5 cm³/mol. The van der Waals surface area contributed by atoms with Gasteiger partial charge in [-0.1, -0.05) is 30.7 Å². The molecule has 0 radical (unpaired) electrons. The average molecular weight is 241 g/mol. The smallest absolute Gasteiger partial charge is 0.224 e. The van der Waals surface area contributed by atoms with E-state index < -0.39 is 0 Å². The summed E-state index contributed by atoms with van der Waals surface area (Å²) >= 11 is 5.92. The molecular weight excluding hydrogens is 224 g/mol. The third-order valence-corrected chi connectivity index (χ3v) is 2.74. The number of para-hydroxylation sites is 1. The van der Waals surface area contributed by atoms with E-state index >= 15 is 0 Å². The summed E-state index contributed by atoms with van der Waals surface area (Å²) in [7, 11) is 0. The largest absolute Gasteiger partial charge is 0.330 e. The molecule has 0 aliphatic carbocycles. The van der Waals surface area contributed by atoms with Crippen molar-refractivity contribution < 1.29 is 4.79 Å². The minimum absolute atomic E-state index is 0.0200. The number of carbonyl (C=O) groups is 1. The second-order valence-corrected chi connectivity index (χ2v) is 4.31. The van der Waals surface area contributed by atoms with E-state index in [0.29, 0.717) is 29.6 Å². The van der Waals surface area contributed by atoms with Gasteiger partial charge in [0.05, 0.1) is 10.7 Å². The second kappa shape index (κ2) is 6.51. The van der Waals surface area contributed by atoms with E-state index in [2.05, 4.69) is 5.32 Å². The van der Waals surface area contributed by atoms with Crippen molar-refractivity contribution >= 4 is 23.2 Å². The lowest BCUT2D eigenvalue weighted by Gasteiger charge is -2.09. The molecule has 1 aromatic carbocycles. The zero-order chi connectivity index (χ0) is 12.0. The van der Waals surface area contributed by atoms with Crippen LogP contribution in [0.4, 0.5) is 5.69 Å². The van der Waals surface area contributed by atoms with Gasteiger partial charge in [0.1, 0.15) is 0 Å². The second-order valence-electron chi connectivity index (χ2n) is 3.91. The SMILES string of the molecule is CC(CN)CCC(=O)Nc1ccccc1Cl. The minimum Gasteiger partial charge on any atom is -0.330 e. The highest BCUT2D eigenvalue weighted by atomic mass is 35.5. The van der Waals surface area contributed by atoms with Crippen LogP contribution >= 0.6 is 11.6 Å². The summed E-state index contributed by atoms with van der Waals surface area (Å²) in [5.41, 5.74) is 6.14. The van der Waals surface area contributed by atoms with Crippen molar-refractivity contribution in [3.63, 3.8) is 0 Å². The predicted octanol–water partition coefficient (Wildman–Crippen LogP) is 2.65. The number of hydrogen-bond acceptors (Lipinski definition) is 2. The molecule has 0 aliphatic heterocycles. The lowest BCUT2D eigenvalue weighted by molar-refractivity contribution is -0.116. The van der Waals surface area contributed by atoms with Crippen molar-refractivity contribution in [1.82, 2.24) is 0 Å². The number of nitrogens with two attached hydrogens (primary N) is 1. The topological polar surface area (TPSA) is 55.1 Å². The van der Waals surface area contributed by atoms with Crippen LogP contribution in [-0.2, 0) is 4.79 Å². The Labute approximate surface area is 101 Å². The lowest BCUT2D eigenvalue weighted by Crippen LogP contribution is -2.16. The highest BCUT2D eigenvalue weighted by molar-refractivity contribution is 6.33. The van der Waals surface area contributed by atoms with Crippen LogP contribution in [0.15, 0.2) is 24.3 Å². The van der Waals surface area contributed by atoms with Crippen molar-refractivity contribution in [2.75, 3.05) is 11.9 Å². The first-order valence-corrected chi connectivity index (χ1v) is 5.75. The molecule has 16 heavy (non-hydrogen) atoms. The quantitative estimate of drug-likeness (QED) is 0.832. The molecule has 0 spiro atoms. The number of anilines is 1. The Hall–Kier alpha value is -1.06. The van der Waals surface area contributed by atoms with Crippen molar-refractivity contribution in [2.24, 2.45) is 11.7 Å². The Bertz CT molecular complexity index is 355. The van der Waals surface area contributed by atoms with Gasteiger partial charge in [-0.25, -0.2) is 0 Å². The third-order valence-electron chi connectivity index (χ3n) is 2.41. The van der Waals surface area contributed by atoms with Crippen molar-refractivity contribution in [1.29, 1.82) is 0 Å². The number of carbonyl (C=O) groups excluding carboxylic acids is 1. The van der Waals surface area contributed by atoms with Gasteiger partial charge < -0.3 is 11.1 Å². The van der Waals surface area contributed by atoms with Crippen molar-refractivity contribution in [3.8, 4) is 0 Å². The molecule has 0 aliphatic rings. The highest BCUT2D eigenvalue weighted by Crippen LogP contribution is 2.20. The Balaban J connectivity index is 2.43. The molecule has 1 unspecified atom stereocenters. The van der Waals surface area contributed by atoms with Gasteiger partial charge in [0.25, 0.3) is 0 Å². The summed E-state index contributed by atoms with van der Waals surface area (Å²) in [6, 6.07) is 7.20. The van der Waals surface area contributed by atoms with Gasteiger partial charge in [0.2, 0.25) is 5.91 Å². The number of hydrogen-bond donors (Lipinski definition) is 2. The van der Waals surface area contributed by atoms with Crippen LogP contribution < -0.4 is 11.1 Å². The Kier molecular flexibility index (Phi) is 5.29. The monoisotopic (exact) mass is 240 g/mol. The molecular formula is C12H17ClN2O. The normalized spacial score (nSPS) is 12.2. The first kappa shape index (κ1) is 13.0. The van der Waals surface area contributed by atoms with Gasteiger partial charge in [-0.3, -0.25) is 4.79 Å². The molecule has 0 bridgehead atoms. The third kappa shape index (κ3) is 4.21. The maximum Gasteiger partial charge on any atom is 0.224 e. The van der Waals surface area contributed by atoms with Crippen molar-refractivity contribution in [3.05, 3.63) is 29.3 Å². The first-order valence-electron chi connectivity index (χ1n) is 5.38. The molecule has 4 heteroatoms. The summed E-state index contributed by atoms with van der Waals surface area (Å²) in [4.78, 5) is 11.6. The van der Waals surface area contributed by atoms with Crippen LogP contribution in [0.2, 0.25) is 5.02 Å². The van der Waals surface area contributed by atoms with Crippen LogP contribution in [0.1, 0.15) is 19.8 Å². The molecule has 0 fully saturated rings. The van der Waals surface area contributed by atoms with E-state index in [-0.39, 0.29) is 5.91 Å². The molecule has 1 atom stereocenters. The van der Waals surface area contributed by atoms with Crippen LogP contribution in [0, 0.1) is 5.92 Å². The van der Waals surface area contributed by atoms with Gasteiger partial charge in [-0.05, 0) is 31.0 Å². The van der Waals surface area contributed by atoms with Crippen LogP contribution in [0.5, 0.6) is 0 Å².